The number of carbonyl (C=O) groups excluding carboxylic acids is 2. The van der Waals surface area contributed by atoms with E-state index in [9.17, 15) is 9.59 Å². The summed E-state index contributed by atoms with van der Waals surface area (Å²) in [6, 6.07) is 5.47. The van der Waals surface area contributed by atoms with Gasteiger partial charge in [0.05, 0.1) is 12.7 Å². The van der Waals surface area contributed by atoms with Crippen LogP contribution in [-0.4, -0.2) is 30.4 Å². The zero-order valence-electron chi connectivity index (χ0n) is 9.38. The van der Waals surface area contributed by atoms with Crippen LogP contribution in [0.5, 0.6) is 0 Å². The number of ether oxygens (including phenoxy) is 1. The Kier molecular flexibility index (Phi) is 6.58. The predicted molar refractivity (Wildman–Crippen MR) is 83.9 cm³/mol. The summed E-state index contributed by atoms with van der Waals surface area (Å²) in [5.41, 5.74) is 0.534. The smallest absolute Gasteiger partial charge is 0.321 e. The van der Waals surface area contributed by atoms with Gasteiger partial charge in [-0.05, 0) is 56.7 Å². The minimum atomic E-state index is -0.548. The van der Waals surface area contributed by atoms with Crippen LogP contribution in [0.1, 0.15) is 10.4 Å². The van der Waals surface area contributed by atoms with Crippen LogP contribution in [0.15, 0.2) is 22.7 Å². The molecule has 1 atom stereocenters. The van der Waals surface area contributed by atoms with Gasteiger partial charge in [0.2, 0.25) is 0 Å². The summed E-state index contributed by atoms with van der Waals surface area (Å²) >= 11 is 8.58. The minimum absolute atomic E-state index is 0.170. The average molecular weight is 491 g/mol. The SMILES string of the molecule is COC(=O)C(Br)CNC(=O)c1cc(I)ccc1Br. The second kappa shape index (κ2) is 7.44. The van der Waals surface area contributed by atoms with Gasteiger partial charge in [-0.3, -0.25) is 9.59 Å². The number of halogens is 3. The first-order chi connectivity index (χ1) is 8.45. The van der Waals surface area contributed by atoms with Gasteiger partial charge in [-0.1, -0.05) is 15.9 Å². The van der Waals surface area contributed by atoms with Crippen molar-refractivity contribution in [2.24, 2.45) is 0 Å². The van der Waals surface area contributed by atoms with Gasteiger partial charge in [-0.15, -0.1) is 0 Å². The van der Waals surface area contributed by atoms with Crippen molar-refractivity contribution in [1.82, 2.24) is 5.32 Å². The number of carbonyl (C=O) groups is 2. The van der Waals surface area contributed by atoms with E-state index in [2.05, 4.69) is 64.5 Å². The van der Waals surface area contributed by atoms with Crippen molar-refractivity contribution in [2.45, 2.75) is 4.83 Å². The van der Waals surface area contributed by atoms with Gasteiger partial charge in [0, 0.05) is 14.6 Å². The largest absolute Gasteiger partial charge is 0.468 e. The van der Waals surface area contributed by atoms with Gasteiger partial charge >= 0.3 is 5.97 Å². The maximum atomic E-state index is 11.9. The lowest BCUT2D eigenvalue weighted by Crippen LogP contribution is -2.34. The van der Waals surface area contributed by atoms with Gasteiger partial charge in [-0.2, -0.15) is 0 Å². The molecule has 0 aliphatic carbocycles. The number of hydrogen-bond acceptors (Lipinski definition) is 3. The number of hydrogen-bond donors (Lipinski definition) is 1. The summed E-state index contributed by atoms with van der Waals surface area (Å²) < 4.78 is 6.22. The summed E-state index contributed by atoms with van der Waals surface area (Å²) in [4.78, 5) is 22.5. The zero-order valence-corrected chi connectivity index (χ0v) is 14.7. The Morgan fingerprint density at radius 1 is 1.50 bits per heavy atom. The maximum Gasteiger partial charge on any atom is 0.321 e. The van der Waals surface area contributed by atoms with Crippen LogP contribution in [0.4, 0.5) is 0 Å². The molecule has 0 aromatic heterocycles. The van der Waals surface area contributed by atoms with Crippen LogP contribution in [0.2, 0.25) is 0 Å². The molecule has 18 heavy (non-hydrogen) atoms. The molecular formula is C11H10Br2INO3. The van der Waals surface area contributed by atoms with Crippen molar-refractivity contribution >= 4 is 66.3 Å². The Balaban J connectivity index is 2.66. The molecule has 1 N–H and O–H groups in total. The fraction of sp³-hybridized carbons (Fsp3) is 0.273. The van der Waals surface area contributed by atoms with Crippen molar-refractivity contribution in [2.75, 3.05) is 13.7 Å². The van der Waals surface area contributed by atoms with E-state index in [0.717, 1.165) is 3.57 Å². The van der Waals surface area contributed by atoms with E-state index in [1.165, 1.54) is 7.11 Å². The third kappa shape index (κ3) is 4.51. The Bertz CT molecular complexity index is 468. The van der Waals surface area contributed by atoms with Crippen molar-refractivity contribution < 1.29 is 14.3 Å². The van der Waals surface area contributed by atoms with Crippen LogP contribution in [-0.2, 0) is 9.53 Å². The summed E-state index contributed by atoms with van der Waals surface area (Å²) in [6.45, 7) is 0.170. The molecular weight excluding hydrogens is 481 g/mol. The molecule has 0 radical (unpaired) electrons. The highest BCUT2D eigenvalue weighted by molar-refractivity contribution is 14.1. The van der Waals surface area contributed by atoms with Gasteiger partial charge in [0.25, 0.3) is 5.91 Å². The number of amides is 1. The number of esters is 1. The average Bonchev–Trinajstić information content (AvgIpc) is 2.37. The Labute approximate surface area is 135 Å². The third-order valence-electron chi connectivity index (χ3n) is 2.07. The number of benzene rings is 1. The molecule has 1 aromatic rings. The molecule has 0 saturated carbocycles. The van der Waals surface area contributed by atoms with E-state index in [1.54, 1.807) is 6.07 Å². The number of alkyl halides is 1. The van der Waals surface area contributed by atoms with Crippen LogP contribution < -0.4 is 5.32 Å². The van der Waals surface area contributed by atoms with Crippen LogP contribution >= 0.6 is 54.5 Å². The molecule has 1 unspecified atom stereocenters. The third-order valence-corrected chi connectivity index (χ3v) is 4.13. The molecule has 7 heteroatoms. The van der Waals surface area contributed by atoms with Crippen molar-refractivity contribution in [3.8, 4) is 0 Å². The fourth-order valence-corrected chi connectivity index (χ4v) is 2.43. The molecule has 0 aliphatic rings. The number of methoxy groups -OCH3 is 1. The van der Waals surface area contributed by atoms with E-state index in [1.807, 2.05) is 12.1 Å². The van der Waals surface area contributed by atoms with E-state index in [0.29, 0.717) is 10.0 Å². The molecule has 4 nitrogen and oxygen atoms in total. The van der Waals surface area contributed by atoms with E-state index in [4.69, 9.17) is 0 Å². The quantitative estimate of drug-likeness (QED) is 0.401. The highest BCUT2D eigenvalue weighted by Gasteiger charge is 2.17. The highest BCUT2D eigenvalue weighted by atomic mass is 127. The fourth-order valence-electron chi connectivity index (χ4n) is 1.16. The first-order valence-corrected chi connectivity index (χ1v) is 7.69. The normalized spacial score (nSPS) is 11.8. The van der Waals surface area contributed by atoms with Gasteiger partial charge in [0.1, 0.15) is 4.83 Å². The molecule has 0 spiro atoms. The van der Waals surface area contributed by atoms with Crippen molar-refractivity contribution in [3.63, 3.8) is 0 Å². The Morgan fingerprint density at radius 2 is 2.17 bits per heavy atom. The lowest BCUT2D eigenvalue weighted by atomic mass is 10.2. The molecule has 0 heterocycles. The van der Waals surface area contributed by atoms with Gasteiger partial charge in [0.15, 0.2) is 0 Å². The number of nitrogens with one attached hydrogen (secondary N) is 1. The minimum Gasteiger partial charge on any atom is -0.468 e. The van der Waals surface area contributed by atoms with Crippen LogP contribution in [0, 0.1) is 3.57 Å². The molecule has 1 aromatic carbocycles. The molecule has 0 aliphatic heterocycles. The lowest BCUT2D eigenvalue weighted by molar-refractivity contribution is -0.139. The summed E-state index contributed by atoms with van der Waals surface area (Å²) in [6.07, 6.45) is 0. The van der Waals surface area contributed by atoms with Crippen molar-refractivity contribution in [1.29, 1.82) is 0 Å². The Hall–Kier alpha value is -0.150. The summed E-state index contributed by atoms with van der Waals surface area (Å²) in [7, 11) is 1.30. The lowest BCUT2D eigenvalue weighted by Gasteiger charge is -2.10. The Morgan fingerprint density at radius 3 is 2.78 bits per heavy atom. The van der Waals surface area contributed by atoms with Gasteiger partial charge in [-0.25, -0.2) is 0 Å². The predicted octanol–water partition coefficient (Wildman–Crippen LogP) is 2.72. The van der Waals surface area contributed by atoms with E-state index >= 15 is 0 Å². The molecule has 0 fully saturated rings. The highest BCUT2D eigenvalue weighted by Crippen LogP contribution is 2.19. The molecule has 98 valence electrons. The van der Waals surface area contributed by atoms with Crippen LogP contribution in [0.25, 0.3) is 0 Å². The first-order valence-electron chi connectivity index (χ1n) is 4.91. The van der Waals surface area contributed by atoms with E-state index < -0.39 is 10.8 Å². The second-order valence-corrected chi connectivity index (χ2v) is 6.53. The number of rotatable bonds is 4. The standard InChI is InChI=1S/C11H10Br2INO3/c1-18-11(17)9(13)5-15-10(16)7-4-6(14)2-3-8(7)12/h2-4,9H,5H2,1H3,(H,15,16). The maximum absolute atomic E-state index is 11.9. The molecule has 1 rings (SSSR count). The molecule has 1 amide bonds. The van der Waals surface area contributed by atoms with Crippen LogP contribution in [0.3, 0.4) is 0 Å². The summed E-state index contributed by atoms with van der Waals surface area (Å²) in [5, 5.41) is 2.66. The molecule has 0 saturated heterocycles. The molecule has 0 bridgehead atoms. The van der Waals surface area contributed by atoms with E-state index in [-0.39, 0.29) is 12.5 Å². The topological polar surface area (TPSA) is 55.4 Å². The van der Waals surface area contributed by atoms with Crippen molar-refractivity contribution in [3.05, 3.63) is 31.8 Å². The second-order valence-electron chi connectivity index (χ2n) is 3.32. The monoisotopic (exact) mass is 489 g/mol. The van der Waals surface area contributed by atoms with Gasteiger partial charge < -0.3 is 10.1 Å². The first kappa shape index (κ1) is 15.9. The summed E-state index contributed by atoms with van der Waals surface area (Å²) in [5.74, 6) is -0.661. The zero-order chi connectivity index (χ0) is 13.7.